The average Bonchev–Trinajstić information content (AvgIpc) is 2.85. The minimum Gasteiger partial charge on any atom is -0.493 e. The van der Waals surface area contributed by atoms with Gasteiger partial charge in [0.1, 0.15) is 0 Å². The first kappa shape index (κ1) is 11.5. The molecule has 2 rings (SSSR count). The lowest BCUT2D eigenvalue weighted by molar-refractivity contribution is 0.146. The Labute approximate surface area is 92.5 Å². The van der Waals surface area contributed by atoms with Gasteiger partial charge in [0, 0.05) is 5.56 Å². The van der Waals surface area contributed by atoms with Crippen molar-refractivity contribution in [2.24, 2.45) is 0 Å². The van der Waals surface area contributed by atoms with Crippen LogP contribution < -0.4 is 4.74 Å². The number of benzene rings is 1. The van der Waals surface area contributed by atoms with Gasteiger partial charge in [-0.15, -0.1) is 17.0 Å². The van der Waals surface area contributed by atoms with Gasteiger partial charge in [0.15, 0.2) is 11.6 Å². The molecule has 0 unspecified atom stereocenters. The van der Waals surface area contributed by atoms with Crippen molar-refractivity contribution in [3.63, 3.8) is 0 Å². The second kappa shape index (κ2) is 3.87. The van der Waals surface area contributed by atoms with E-state index in [1.54, 1.807) is 12.1 Å². The maximum absolute atomic E-state index is 13.2. The van der Waals surface area contributed by atoms with E-state index in [9.17, 15) is 9.50 Å². The Bertz CT molecular complexity index is 337. The molecule has 0 aromatic heterocycles. The Morgan fingerprint density at radius 2 is 2.07 bits per heavy atom. The minimum absolute atomic E-state index is 0. The van der Waals surface area contributed by atoms with Gasteiger partial charge in [-0.25, -0.2) is 4.39 Å². The number of ether oxygens (including phenoxy) is 1. The van der Waals surface area contributed by atoms with Crippen LogP contribution in [-0.2, 0) is 5.60 Å². The summed E-state index contributed by atoms with van der Waals surface area (Å²) in [6, 6.07) is 4.62. The first-order chi connectivity index (χ1) is 6.17. The van der Waals surface area contributed by atoms with Crippen LogP contribution in [0.25, 0.3) is 0 Å². The monoisotopic (exact) mass is 262 g/mol. The highest BCUT2D eigenvalue weighted by molar-refractivity contribution is 8.93. The highest BCUT2D eigenvalue weighted by Crippen LogP contribution is 2.49. The Balaban J connectivity index is 0.000000980. The lowest BCUT2D eigenvalue weighted by Crippen LogP contribution is -2.07. The van der Waals surface area contributed by atoms with E-state index in [2.05, 4.69) is 0 Å². The molecule has 0 aliphatic heterocycles. The Morgan fingerprint density at radius 1 is 1.43 bits per heavy atom. The Kier molecular flexibility index (Phi) is 3.17. The molecule has 0 atom stereocenters. The van der Waals surface area contributed by atoms with Crippen molar-refractivity contribution in [3.05, 3.63) is 29.6 Å². The molecule has 4 heteroatoms. The molecule has 2 nitrogen and oxygen atoms in total. The zero-order valence-electron chi connectivity index (χ0n) is 7.79. The zero-order chi connectivity index (χ0) is 9.47. The molecular formula is C10H12BrFO2. The number of hydrogen-bond donors (Lipinski definition) is 1. The van der Waals surface area contributed by atoms with Crippen molar-refractivity contribution in [2.75, 3.05) is 7.11 Å². The standard InChI is InChI=1S/C10H11FO2.BrH/c1-13-9-7(10(12)5-6-10)3-2-4-8(9)11;/h2-4,12H,5-6H2,1H3;1H. The van der Waals surface area contributed by atoms with Crippen molar-refractivity contribution < 1.29 is 14.2 Å². The van der Waals surface area contributed by atoms with Crippen molar-refractivity contribution in [1.29, 1.82) is 0 Å². The van der Waals surface area contributed by atoms with Crippen LogP contribution >= 0.6 is 17.0 Å². The van der Waals surface area contributed by atoms with Gasteiger partial charge in [-0.2, -0.15) is 0 Å². The van der Waals surface area contributed by atoms with Gasteiger partial charge in [-0.05, 0) is 18.9 Å². The predicted molar refractivity (Wildman–Crippen MR) is 56.4 cm³/mol. The summed E-state index contributed by atoms with van der Waals surface area (Å²) in [5.74, 6) is -0.247. The molecule has 0 saturated heterocycles. The maximum atomic E-state index is 13.2. The van der Waals surface area contributed by atoms with Crippen molar-refractivity contribution >= 4 is 17.0 Å². The third kappa shape index (κ3) is 1.77. The molecule has 1 aromatic rings. The highest BCUT2D eigenvalue weighted by Gasteiger charge is 2.44. The first-order valence-electron chi connectivity index (χ1n) is 4.23. The fraction of sp³-hybridized carbons (Fsp3) is 0.400. The quantitative estimate of drug-likeness (QED) is 0.887. The molecular weight excluding hydrogens is 251 g/mol. The molecule has 78 valence electrons. The molecule has 1 aromatic carbocycles. The molecule has 1 aliphatic carbocycles. The predicted octanol–water partition coefficient (Wildman–Crippen LogP) is 2.39. The highest BCUT2D eigenvalue weighted by atomic mass is 79.9. The van der Waals surface area contributed by atoms with Gasteiger partial charge >= 0.3 is 0 Å². The summed E-state index contributed by atoms with van der Waals surface area (Å²) in [6.45, 7) is 0. The molecule has 0 radical (unpaired) electrons. The van der Waals surface area contributed by atoms with E-state index in [-0.39, 0.29) is 22.7 Å². The number of rotatable bonds is 2. The lowest BCUT2D eigenvalue weighted by Gasteiger charge is -2.13. The molecule has 1 aliphatic rings. The molecule has 0 heterocycles. The largest absolute Gasteiger partial charge is 0.493 e. The number of halogens is 2. The number of para-hydroxylation sites is 1. The van der Waals surface area contributed by atoms with E-state index in [4.69, 9.17) is 4.74 Å². The molecule has 0 bridgehead atoms. The summed E-state index contributed by atoms with van der Waals surface area (Å²) in [5, 5.41) is 9.79. The van der Waals surface area contributed by atoms with E-state index in [0.29, 0.717) is 18.4 Å². The van der Waals surface area contributed by atoms with Crippen molar-refractivity contribution in [3.8, 4) is 5.75 Å². The van der Waals surface area contributed by atoms with Crippen LogP contribution in [0.3, 0.4) is 0 Å². The van der Waals surface area contributed by atoms with Gasteiger partial charge in [-0.1, -0.05) is 12.1 Å². The van der Waals surface area contributed by atoms with E-state index in [0.717, 1.165) is 0 Å². The summed E-state index contributed by atoms with van der Waals surface area (Å²) in [7, 11) is 1.41. The van der Waals surface area contributed by atoms with Crippen LogP contribution in [0.5, 0.6) is 5.75 Å². The Hall–Kier alpha value is -0.610. The number of aliphatic hydroxyl groups is 1. The van der Waals surface area contributed by atoms with E-state index in [1.807, 2.05) is 0 Å². The molecule has 0 amide bonds. The molecule has 14 heavy (non-hydrogen) atoms. The summed E-state index contributed by atoms with van der Waals surface area (Å²) >= 11 is 0. The SMILES string of the molecule is Br.COc1c(F)cccc1C1(O)CC1. The third-order valence-corrected chi connectivity index (χ3v) is 2.40. The first-order valence-corrected chi connectivity index (χ1v) is 4.23. The van der Waals surface area contributed by atoms with Crippen LogP contribution in [0.4, 0.5) is 4.39 Å². The Morgan fingerprint density at radius 3 is 2.57 bits per heavy atom. The zero-order valence-corrected chi connectivity index (χ0v) is 9.50. The lowest BCUT2D eigenvalue weighted by atomic mass is 10.1. The number of hydrogen-bond acceptors (Lipinski definition) is 2. The van der Waals surface area contributed by atoms with Gasteiger partial charge in [0.2, 0.25) is 0 Å². The number of methoxy groups -OCH3 is 1. The van der Waals surface area contributed by atoms with E-state index < -0.39 is 11.4 Å². The molecule has 0 spiro atoms. The summed E-state index contributed by atoms with van der Waals surface area (Å²) in [6.07, 6.45) is 1.37. The average molecular weight is 263 g/mol. The normalized spacial score (nSPS) is 17.1. The smallest absolute Gasteiger partial charge is 0.165 e. The second-order valence-corrected chi connectivity index (χ2v) is 3.35. The van der Waals surface area contributed by atoms with Crippen LogP contribution in [0.1, 0.15) is 18.4 Å². The molecule has 1 N–H and O–H groups in total. The third-order valence-electron chi connectivity index (χ3n) is 2.40. The van der Waals surface area contributed by atoms with E-state index in [1.165, 1.54) is 13.2 Å². The van der Waals surface area contributed by atoms with Crippen molar-refractivity contribution in [1.82, 2.24) is 0 Å². The fourth-order valence-electron chi connectivity index (χ4n) is 1.47. The summed E-state index contributed by atoms with van der Waals surface area (Å²) < 4.78 is 18.1. The van der Waals surface area contributed by atoms with Gasteiger partial charge in [0.05, 0.1) is 12.7 Å². The van der Waals surface area contributed by atoms with Gasteiger partial charge in [0.25, 0.3) is 0 Å². The molecule has 1 saturated carbocycles. The van der Waals surface area contributed by atoms with E-state index >= 15 is 0 Å². The van der Waals surface area contributed by atoms with Crippen molar-refractivity contribution in [2.45, 2.75) is 18.4 Å². The summed E-state index contributed by atoms with van der Waals surface area (Å²) in [5.41, 5.74) is -0.275. The fourth-order valence-corrected chi connectivity index (χ4v) is 1.47. The van der Waals surface area contributed by atoms with Crippen LogP contribution in [0.2, 0.25) is 0 Å². The minimum atomic E-state index is -0.840. The van der Waals surface area contributed by atoms with Crippen LogP contribution in [0, 0.1) is 5.82 Å². The van der Waals surface area contributed by atoms with Crippen LogP contribution in [-0.4, -0.2) is 12.2 Å². The second-order valence-electron chi connectivity index (χ2n) is 3.35. The van der Waals surface area contributed by atoms with Gasteiger partial charge < -0.3 is 9.84 Å². The molecule has 1 fully saturated rings. The summed E-state index contributed by atoms with van der Waals surface area (Å²) in [4.78, 5) is 0. The maximum Gasteiger partial charge on any atom is 0.165 e. The van der Waals surface area contributed by atoms with Gasteiger partial charge in [-0.3, -0.25) is 0 Å². The van der Waals surface area contributed by atoms with Crippen LogP contribution in [0.15, 0.2) is 18.2 Å². The topological polar surface area (TPSA) is 29.5 Å².